The van der Waals surface area contributed by atoms with Crippen LogP contribution in [0.5, 0.6) is 0 Å². The number of thiol groups is 1. The Balaban J connectivity index is 2.06. The molecule has 0 saturated carbocycles. The Hall–Kier alpha value is -0.440. The summed E-state index contributed by atoms with van der Waals surface area (Å²) >= 11 is 4.18. The summed E-state index contributed by atoms with van der Waals surface area (Å²) in [5.41, 5.74) is 1.11. The zero-order valence-electron chi connectivity index (χ0n) is 8.24. The summed E-state index contributed by atoms with van der Waals surface area (Å²) in [4.78, 5) is 0. The molecule has 0 atom stereocenters. The molecule has 0 fully saturated rings. The number of rotatable bonds is 6. The van der Waals surface area contributed by atoms with Crippen LogP contribution in [0.15, 0.2) is 12.3 Å². The largest absolute Gasteiger partial charge is 0.273 e. The van der Waals surface area contributed by atoms with Gasteiger partial charge in [0.25, 0.3) is 0 Å². The maximum Gasteiger partial charge on any atom is 0.0593 e. The molecule has 0 aliphatic carbocycles. The zero-order valence-corrected chi connectivity index (χ0v) is 9.13. The van der Waals surface area contributed by atoms with Crippen LogP contribution >= 0.6 is 12.6 Å². The molecule has 0 unspecified atom stereocenters. The van der Waals surface area contributed by atoms with Crippen LogP contribution in [0.3, 0.4) is 0 Å². The Labute approximate surface area is 85.7 Å². The first kappa shape index (κ1) is 10.6. The van der Waals surface area contributed by atoms with Gasteiger partial charge in [-0.2, -0.15) is 17.7 Å². The van der Waals surface area contributed by atoms with E-state index in [0.717, 1.165) is 18.0 Å². The summed E-state index contributed by atoms with van der Waals surface area (Å²) in [7, 11) is 0. The van der Waals surface area contributed by atoms with E-state index in [-0.39, 0.29) is 0 Å². The molecule has 0 bridgehead atoms. The predicted octanol–water partition coefficient (Wildman–Crippen LogP) is 2.68. The van der Waals surface area contributed by atoms with Crippen LogP contribution < -0.4 is 0 Å². The molecule has 1 aromatic rings. The van der Waals surface area contributed by atoms with Gasteiger partial charge in [-0.05, 0) is 31.6 Å². The first-order valence-electron chi connectivity index (χ1n) is 4.94. The summed E-state index contributed by atoms with van der Waals surface area (Å²) in [5, 5.41) is 4.33. The number of hydrogen-bond donors (Lipinski definition) is 1. The quantitative estimate of drug-likeness (QED) is 0.549. The lowest BCUT2D eigenvalue weighted by molar-refractivity contribution is 0.540. The molecule has 2 nitrogen and oxygen atoms in total. The van der Waals surface area contributed by atoms with Gasteiger partial charge in [0.15, 0.2) is 0 Å². The monoisotopic (exact) mass is 198 g/mol. The minimum Gasteiger partial charge on any atom is -0.273 e. The van der Waals surface area contributed by atoms with Crippen LogP contribution in [-0.2, 0) is 6.54 Å². The van der Waals surface area contributed by atoms with E-state index in [1.54, 1.807) is 0 Å². The van der Waals surface area contributed by atoms with Gasteiger partial charge in [-0.3, -0.25) is 4.68 Å². The fraction of sp³-hybridized carbons (Fsp3) is 0.700. The average Bonchev–Trinajstić information content (AvgIpc) is 2.51. The van der Waals surface area contributed by atoms with Crippen molar-refractivity contribution in [3.63, 3.8) is 0 Å². The van der Waals surface area contributed by atoms with Gasteiger partial charge in [0.05, 0.1) is 5.69 Å². The van der Waals surface area contributed by atoms with Gasteiger partial charge >= 0.3 is 0 Å². The second-order valence-corrected chi connectivity index (χ2v) is 3.81. The first-order valence-corrected chi connectivity index (χ1v) is 5.57. The van der Waals surface area contributed by atoms with Crippen molar-refractivity contribution in [1.82, 2.24) is 9.78 Å². The van der Waals surface area contributed by atoms with Crippen LogP contribution in [0.25, 0.3) is 0 Å². The molecule has 13 heavy (non-hydrogen) atoms. The Morgan fingerprint density at radius 2 is 2.08 bits per heavy atom. The number of nitrogens with zero attached hydrogens (tertiary/aromatic N) is 2. The summed E-state index contributed by atoms with van der Waals surface area (Å²) < 4.78 is 2.02. The average molecular weight is 198 g/mol. The van der Waals surface area contributed by atoms with E-state index in [9.17, 15) is 0 Å². The van der Waals surface area contributed by atoms with Gasteiger partial charge in [-0.1, -0.05) is 12.8 Å². The van der Waals surface area contributed by atoms with Crippen molar-refractivity contribution in [2.45, 2.75) is 39.2 Å². The summed E-state index contributed by atoms with van der Waals surface area (Å²) in [5.74, 6) is 1.01. The topological polar surface area (TPSA) is 17.8 Å². The van der Waals surface area contributed by atoms with Gasteiger partial charge in [0, 0.05) is 12.7 Å². The SMILES string of the molecule is Cc1ccn(CCCCCCS)n1. The lowest BCUT2D eigenvalue weighted by Gasteiger charge is -2.00. The van der Waals surface area contributed by atoms with Crippen LogP contribution in [0, 0.1) is 6.92 Å². The molecule has 1 rings (SSSR count). The molecule has 0 aliphatic heterocycles. The standard InChI is InChI=1S/C10H18N2S/c1-10-6-8-12(11-10)7-4-2-3-5-9-13/h6,8,13H,2-5,7,9H2,1H3. The van der Waals surface area contributed by atoms with E-state index in [1.165, 1.54) is 25.7 Å². The fourth-order valence-electron chi connectivity index (χ4n) is 1.33. The molecule has 0 N–H and O–H groups in total. The highest BCUT2D eigenvalue weighted by Gasteiger charge is 1.93. The lowest BCUT2D eigenvalue weighted by atomic mass is 10.2. The third kappa shape index (κ3) is 4.36. The number of unbranched alkanes of at least 4 members (excludes halogenated alkanes) is 3. The normalized spacial score (nSPS) is 10.6. The third-order valence-electron chi connectivity index (χ3n) is 2.07. The lowest BCUT2D eigenvalue weighted by Crippen LogP contribution is -1.98. The van der Waals surface area contributed by atoms with Crippen molar-refractivity contribution < 1.29 is 0 Å². The maximum absolute atomic E-state index is 4.33. The molecule has 0 aliphatic rings. The highest BCUT2D eigenvalue weighted by atomic mass is 32.1. The van der Waals surface area contributed by atoms with Crippen molar-refractivity contribution >= 4 is 12.6 Å². The molecular weight excluding hydrogens is 180 g/mol. The molecule has 3 heteroatoms. The van der Waals surface area contributed by atoms with Crippen LogP contribution in [0.1, 0.15) is 31.4 Å². The van der Waals surface area contributed by atoms with E-state index in [0.29, 0.717) is 0 Å². The van der Waals surface area contributed by atoms with Crippen molar-refractivity contribution in [2.24, 2.45) is 0 Å². The van der Waals surface area contributed by atoms with Gasteiger partial charge in [0.2, 0.25) is 0 Å². The predicted molar refractivity (Wildman–Crippen MR) is 59.3 cm³/mol. The number of aromatic nitrogens is 2. The van der Waals surface area contributed by atoms with Gasteiger partial charge in [-0.25, -0.2) is 0 Å². The Morgan fingerprint density at radius 1 is 1.31 bits per heavy atom. The molecule has 0 saturated heterocycles. The van der Waals surface area contributed by atoms with E-state index >= 15 is 0 Å². The summed E-state index contributed by atoms with van der Waals surface area (Å²) in [6.45, 7) is 3.08. The summed E-state index contributed by atoms with van der Waals surface area (Å²) in [6.07, 6.45) is 7.10. The highest BCUT2D eigenvalue weighted by Crippen LogP contribution is 2.03. The Bertz CT molecular complexity index is 233. The summed E-state index contributed by atoms with van der Waals surface area (Å²) in [6, 6.07) is 2.05. The van der Waals surface area contributed by atoms with Crippen LogP contribution in [0.2, 0.25) is 0 Å². The zero-order chi connectivity index (χ0) is 9.52. The third-order valence-corrected chi connectivity index (χ3v) is 2.39. The minimum atomic E-state index is 1.01. The van der Waals surface area contributed by atoms with E-state index in [4.69, 9.17) is 0 Å². The first-order chi connectivity index (χ1) is 6.33. The highest BCUT2D eigenvalue weighted by molar-refractivity contribution is 7.80. The second kappa shape index (κ2) is 6.08. The molecule has 0 amide bonds. The smallest absolute Gasteiger partial charge is 0.0593 e. The van der Waals surface area contributed by atoms with Crippen molar-refractivity contribution in [3.8, 4) is 0 Å². The number of aryl methyl sites for hydroxylation is 2. The van der Waals surface area contributed by atoms with Crippen LogP contribution in [0.4, 0.5) is 0 Å². The maximum atomic E-state index is 4.33. The van der Waals surface area contributed by atoms with Crippen molar-refractivity contribution in [2.75, 3.05) is 5.75 Å². The molecule has 74 valence electrons. The van der Waals surface area contributed by atoms with E-state index < -0.39 is 0 Å². The van der Waals surface area contributed by atoms with Crippen molar-refractivity contribution in [1.29, 1.82) is 0 Å². The molecule has 1 heterocycles. The van der Waals surface area contributed by atoms with Gasteiger partial charge in [0.1, 0.15) is 0 Å². The van der Waals surface area contributed by atoms with Crippen LogP contribution in [-0.4, -0.2) is 15.5 Å². The Kier molecular flexibility index (Phi) is 4.98. The fourth-order valence-corrected chi connectivity index (χ4v) is 1.55. The molecule has 0 aromatic carbocycles. The Morgan fingerprint density at radius 3 is 2.69 bits per heavy atom. The van der Waals surface area contributed by atoms with Gasteiger partial charge in [-0.15, -0.1) is 0 Å². The number of hydrogen-bond acceptors (Lipinski definition) is 2. The minimum absolute atomic E-state index is 1.01. The van der Waals surface area contributed by atoms with Crippen molar-refractivity contribution in [3.05, 3.63) is 18.0 Å². The molecular formula is C10H18N2S. The molecule has 0 radical (unpaired) electrons. The molecule has 0 spiro atoms. The molecule has 1 aromatic heterocycles. The van der Waals surface area contributed by atoms with E-state index in [1.807, 2.05) is 23.9 Å². The second-order valence-electron chi connectivity index (χ2n) is 3.36. The van der Waals surface area contributed by atoms with Gasteiger partial charge < -0.3 is 0 Å². The van der Waals surface area contributed by atoms with E-state index in [2.05, 4.69) is 17.7 Å².